The van der Waals surface area contributed by atoms with Gasteiger partial charge in [-0.2, -0.15) is 0 Å². The lowest BCUT2D eigenvalue weighted by molar-refractivity contribution is -0.139. The summed E-state index contributed by atoms with van der Waals surface area (Å²) in [7, 11) is 0. The van der Waals surface area contributed by atoms with E-state index in [1.807, 2.05) is 0 Å². The van der Waals surface area contributed by atoms with Crippen LogP contribution in [0.25, 0.3) is 0 Å². The lowest BCUT2D eigenvalue weighted by atomic mass is 10.1. The smallest absolute Gasteiger partial charge is 0.320 e. The van der Waals surface area contributed by atoms with Crippen LogP contribution in [-0.4, -0.2) is 45.7 Å². The Hall–Kier alpha value is -0.700. The molecule has 0 aromatic rings. The highest BCUT2D eigenvalue weighted by Crippen LogP contribution is 2.18. The van der Waals surface area contributed by atoms with Crippen LogP contribution in [0.3, 0.4) is 0 Å². The van der Waals surface area contributed by atoms with E-state index in [1.54, 1.807) is 0 Å². The van der Waals surface area contributed by atoms with E-state index in [0.29, 0.717) is 23.8 Å². The number of aliphatic carboxylic acids is 1. The molecule has 0 bridgehead atoms. The van der Waals surface area contributed by atoms with Crippen LogP contribution in [0.2, 0.25) is 0 Å². The first-order valence-electron chi connectivity index (χ1n) is 5.72. The minimum atomic E-state index is -0.905. The number of unbranched alkanes of at least 4 members (excludes halogenated alkanes) is 1. The van der Waals surface area contributed by atoms with Gasteiger partial charge in [-0.3, -0.25) is 9.59 Å². The molecule has 18 heavy (non-hydrogen) atoms. The maximum absolute atomic E-state index is 11.4. The van der Waals surface area contributed by atoms with Crippen LogP contribution in [0.15, 0.2) is 0 Å². The minimum absolute atomic E-state index is 0.163. The van der Waals surface area contributed by atoms with Crippen LogP contribution in [0.4, 0.5) is 0 Å². The monoisotopic (exact) mass is 291 g/mol. The zero-order chi connectivity index (χ0) is 13.5. The Bertz CT molecular complexity index is 338. The van der Waals surface area contributed by atoms with Gasteiger partial charge in [-0.05, 0) is 19.4 Å². The fraction of sp³-hybridized carbons (Fsp3) is 0.700. The molecule has 1 heterocycles. The molecule has 1 aliphatic heterocycles. The van der Waals surface area contributed by atoms with Gasteiger partial charge >= 0.3 is 5.97 Å². The molecule has 102 valence electrons. The second-order valence-electron chi connectivity index (χ2n) is 3.97. The van der Waals surface area contributed by atoms with Crippen LogP contribution in [0.5, 0.6) is 0 Å². The molecule has 8 heteroatoms. The maximum atomic E-state index is 11.4. The van der Waals surface area contributed by atoms with Gasteiger partial charge in [0.2, 0.25) is 5.91 Å². The van der Waals surface area contributed by atoms with Gasteiger partial charge in [0, 0.05) is 6.54 Å². The number of nitrogens with two attached hydrogens (primary N) is 1. The summed E-state index contributed by atoms with van der Waals surface area (Å²) in [6, 6.07) is -0.640. The third-order valence-corrected chi connectivity index (χ3v) is 3.93. The number of hydrogen-bond donors (Lipinski definition) is 4. The molecular formula is C10H17N3O3S2. The Morgan fingerprint density at radius 2 is 2.33 bits per heavy atom. The standard InChI is InChI=1S/C10H17N3O3S2/c11-4-2-1-3-6(9(15)16)12-5-7-8(14)13-10(17)18-7/h6-7,12H,1-5,11H2,(H,15,16)(H,13,14,17). The molecular weight excluding hydrogens is 274 g/mol. The molecule has 1 aliphatic rings. The Labute approximate surface area is 115 Å². The Kier molecular flexibility index (Phi) is 6.55. The number of carboxylic acids is 1. The van der Waals surface area contributed by atoms with Gasteiger partial charge in [-0.25, -0.2) is 0 Å². The molecule has 6 nitrogen and oxygen atoms in total. The highest BCUT2D eigenvalue weighted by Gasteiger charge is 2.30. The van der Waals surface area contributed by atoms with Crippen molar-refractivity contribution in [3.05, 3.63) is 0 Å². The summed E-state index contributed by atoms with van der Waals surface area (Å²) in [6.07, 6.45) is 2.06. The van der Waals surface area contributed by atoms with Crippen LogP contribution in [0, 0.1) is 0 Å². The van der Waals surface area contributed by atoms with Gasteiger partial charge in [0.05, 0.1) is 0 Å². The van der Waals surface area contributed by atoms with E-state index in [2.05, 4.69) is 10.6 Å². The second kappa shape index (κ2) is 7.67. The summed E-state index contributed by atoms with van der Waals surface area (Å²) < 4.78 is 0.446. The van der Waals surface area contributed by atoms with Crippen molar-refractivity contribution < 1.29 is 14.7 Å². The third-order valence-electron chi connectivity index (χ3n) is 2.56. The second-order valence-corrected chi connectivity index (χ2v) is 5.85. The molecule has 0 saturated carbocycles. The molecule has 0 spiro atoms. The lowest BCUT2D eigenvalue weighted by Crippen LogP contribution is -2.42. The lowest BCUT2D eigenvalue weighted by Gasteiger charge is -2.15. The van der Waals surface area contributed by atoms with Crippen LogP contribution < -0.4 is 16.4 Å². The zero-order valence-corrected chi connectivity index (χ0v) is 11.5. The van der Waals surface area contributed by atoms with E-state index in [0.717, 1.165) is 12.8 Å². The quantitative estimate of drug-likeness (QED) is 0.359. The van der Waals surface area contributed by atoms with Crippen molar-refractivity contribution in [2.75, 3.05) is 13.1 Å². The third kappa shape index (κ3) is 4.89. The molecule has 0 aromatic heterocycles. The van der Waals surface area contributed by atoms with E-state index < -0.39 is 12.0 Å². The topological polar surface area (TPSA) is 104 Å². The SMILES string of the molecule is NCCCCC(NCC1SC(=S)NC1=O)C(=O)O. The normalized spacial score (nSPS) is 20.8. The number of nitrogens with one attached hydrogen (secondary N) is 2. The number of carboxylic acid groups (broad SMARTS) is 1. The van der Waals surface area contributed by atoms with Gasteiger partial charge in [0.1, 0.15) is 15.6 Å². The highest BCUT2D eigenvalue weighted by atomic mass is 32.2. The van der Waals surface area contributed by atoms with Crippen LogP contribution in [0.1, 0.15) is 19.3 Å². The summed E-state index contributed by atoms with van der Waals surface area (Å²) in [4.78, 5) is 22.4. The van der Waals surface area contributed by atoms with Crippen molar-refractivity contribution in [2.45, 2.75) is 30.6 Å². The van der Waals surface area contributed by atoms with Crippen molar-refractivity contribution >= 4 is 40.2 Å². The first-order chi connectivity index (χ1) is 8.54. The number of carbonyl (C=O) groups excluding carboxylic acids is 1. The molecule has 0 aromatic carbocycles. The first kappa shape index (κ1) is 15.4. The zero-order valence-electron chi connectivity index (χ0n) is 9.85. The summed E-state index contributed by atoms with van der Waals surface area (Å²) in [5.41, 5.74) is 5.36. The molecule has 1 fully saturated rings. The number of carbonyl (C=O) groups is 2. The number of rotatable bonds is 8. The van der Waals surface area contributed by atoms with Crippen molar-refractivity contribution in [3.8, 4) is 0 Å². The highest BCUT2D eigenvalue weighted by molar-refractivity contribution is 8.24. The van der Waals surface area contributed by atoms with Crippen molar-refractivity contribution in [1.29, 1.82) is 0 Å². The van der Waals surface area contributed by atoms with Crippen molar-refractivity contribution in [2.24, 2.45) is 5.73 Å². The number of thioether (sulfide) groups is 1. The van der Waals surface area contributed by atoms with Gasteiger partial charge in [0.25, 0.3) is 0 Å². The molecule has 2 atom stereocenters. The van der Waals surface area contributed by atoms with Gasteiger partial charge < -0.3 is 21.5 Å². The van der Waals surface area contributed by atoms with Crippen molar-refractivity contribution in [3.63, 3.8) is 0 Å². The minimum Gasteiger partial charge on any atom is -0.480 e. The summed E-state index contributed by atoms with van der Waals surface area (Å²) in [5, 5.41) is 14.1. The Morgan fingerprint density at radius 1 is 1.61 bits per heavy atom. The van der Waals surface area contributed by atoms with E-state index >= 15 is 0 Å². The predicted molar refractivity (Wildman–Crippen MR) is 74.5 cm³/mol. The number of thiocarbonyl (C=S) groups is 1. The Morgan fingerprint density at radius 3 is 2.83 bits per heavy atom. The predicted octanol–water partition coefficient (Wildman–Crippen LogP) is -0.325. The maximum Gasteiger partial charge on any atom is 0.320 e. The van der Waals surface area contributed by atoms with E-state index in [1.165, 1.54) is 11.8 Å². The average Bonchev–Trinajstić information content (AvgIpc) is 2.62. The van der Waals surface area contributed by atoms with Gasteiger partial charge in [-0.1, -0.05) is 30.4 Å². The fourth-order valence-corrected chi connectivity index (χ4v) is 2.80. The molecule has 1 saturated heterocycles. The number of amides is 1. The summed E-state index contributed by atoms with van der Waals surface area (Å²) >= 11 is 6.11. The molecule has 5 N–H and O–H groups in total. The van der Waals surface area contributed by atoms with Gasteiger partial charge in [0.15, 0.2) is 0 Å². The van der Waals surface area contributed by atoms with E-state index in [9.17, 15) is 9.59 Å². The summed E-state index contributed by atoms with van der Waals surface area (Å²) in [6.45, 7) is 0.859. The van der Waals surface area contributed by atoms with Gasteiger partial charge in [-0.15, -0.1) is 0 Å². The molecule has 0 radical (unpaired) electrons. The van der Waals surface area contributed by atoms with E-state index in [-0.39, 0.29) is 11.2 Å². The Balaban J connectivity index is 2.35. The summed E-state index contributed by atoms with van der Waals surface area (Å²) in [5.74, 6) is -1.07. The molecule has 1 amide bonds. The average molecular weight is 291 g/mol. The first-order valence-corrected chi connectivity index (χ1v) is 7.01. The molecule has 1 rings (SSSR count). The number of hydrogen-bond acceptors (Lipinski definition) is 6. The molecule has 2 unspecified atom stereocenters. The largest absolute Gasteiger partial charge is 0.480 e. The molecule has 0 aliphatic carbocycles. The van der Waals surface area contributed by atoms with Crippen molar-refractivity contribution in [1.82, 2.24) is 10.6 Å². The van der Waals surface area contributed by atoms with Crippen LogP contribution >= 0.6 is 24.0 Å². The van der Waals surface area contributed by atoms with E-state index in [4.69, 9.17) is 23.1 Å². The fourth-order valence-electron chi connectivity index (χ4n) is 1.58. The van der Waals surface area contributed by atoms with Crippen LogP contribution in [-0.2, 0) is 9.59 Å².